The van der Waals surface area contributed by atoms with Crippen molar-refractivity contribution in [2.24, 2.45) is 5.92 Å². The van der Waals surface area contributed by atoms with E-state index in [1.54, 1.807) is 0 Å². The van der Waals surface area contributed by atoms with E-state index in [1.165, 1.54) is 12.8 Å². The van der Waals surface area contributed by atoms with Crippen LogP contribution in [0.5, 0.6) is 0 Å². The molecule has 0 spiro atoms. The van der Waals surface area contributed by atoms with Crippen molar-refractivity contribution in [3.63, 3.8) is 0 Å². The second-order valence-corrected chi connectivity index (χ2v) is 5.57. The van der Waals surface area contributed by atoms with Crippen molar-refractivity contribution in [3.8, 4) is 0 Å². The molecule has 1 aliphatic rings. The van der Waals surface area contributed by atoms with Gasteiger partial charge < -0.3 is 4.90 Å². The van der Waals surface area contributed by atoms with E-state index in [4.69, 9.17) is 0 Å². The molecule has 3 unspecified atom stereocenters. The maximum absolute atomic E-state index is 12.4. The van der Waals surface area contributed by atoms with Crippen molar-refractivity contribution in [2.45, 2.75) is 78.4 Å². The maximum atomic E-state index is 12.4. The zero-order valence-corrected chi connectivity index (χ0v) is 12.5. The van der Waals surface area contributed by atoms with Crippen LogP contribution in [-0.2, 0) is 4.79 Å². The zero-order chi connectivity index (χ0) is 13.5. The van der Waals surface area contributed by atoms with E-state index in [1.807, 2.05) is 0 Å². The third-order valence-corrected chi connectivity index (χ3v) is 4.07. The van der Waals surface area contributed by atoms with Gasteiger partial charge in [0.15, 0.2) is 0 Å². The number of carbonyl (C=O) groups is 1. The van der Waals surface area contributed by atoms with Crippen LogP contribution < -0.4 is 5.32 Å². The summed E-state index contributed by atoms with van der Waals surface area (Å²) in [4.78, 5) is 14.5. The van der Waals surface area contributed by atoms with E-state index in [0.717, 1.165) is 32.2 Å². The van der Waals surface area contributed by atoms with Crippen molar-refractivity contribution in [3.05, 3.63) is 0 Å². The summed E-state index contributed by atoms with van der Waals surface area (Å²) in [5.41, 5.74) is 0. The summed E-state index contributed by atoms with van der Waals surface area (Å²) in [7, 11) is 0. The SMILES string of the molecule is CCCCCN1C(=O)C(C(C)CC)NC1CCC. The monoisotopic (exact) mass is 254 g/mol. The molecule has 1 N–H and O–H groups in total. The molecule has 0 aromatic rings. The lowest BCUT2D eigenvalue weighted by Gasteiger charge is -2.23. The summed E-state index contributed by atoms with van der Waals surface area (Å²) in [5, 5.41) is 3.55. The molecule has 0 bridgehead atoms. The van der Waals surface area contributed by atoms with Crippen LogP contribution in [0.15, 0.2) is 0 Å². The van der Waals surface area contributed by atoms with Gasteiger partial charge in [0.25, 0.3) is 0 Å². The molecule has 3 atom stereocenters. The van der Waals surface area contributed by atoms with E-state index in [-0.39, 0.29) is 12.2 Å². The van der Waals surface area contributed by atoms with Crippen molar-refractivity contribution in [2.75, 3.05) is 6.54 Å². The van der Waals surface area contributed by atoms with Crippen molar-refractivity contribution < 1.29 is 4.79 Å². The Labute approximate surface area is 112 Å². The third-order valence-electron chi connectivity index (χ3n) is 4.07. The van der Waals surface area contributed by atoms with Crippen molar-refractivity contribution in [1.29, 1.82) is 0 Å². The second-order valence-electron chi connectivity index (χ2n) is 5.57. The number of nitrogens with zero attached hydrogens (tertiary/aromatic N) is 1. The molecule has 18 heavy (non-hydrogen) atoms. The lowest BCUT2D eigenvalue weighted by molar-refractivity contribution is -0.131. The Hall–Kier alpha value is -0.570. The van der Waals surface area contributed by atoms with Crippen LogP contribution in [-0.4, -0.2) is 29.6 Å². The van der Waals surface area contributed by atoms with Gasteiger partial charge in [0.1, 0.15) is 0 Å². The molecule has 0 saturated carbocycles. The summed E-state index contributed by atoms with van der Waals surface area (Å²) < 4.78 is 0. The van der Waals surface area contributed by atoms with Gasteiger partial charge in [-0.25, -0.2) is 0 Å². The molecule has 0 aromatic heterocycles. The number of nitrogens with one attached hydrogen (secondary N) is 1. The number of hydrogen-bond donors (Lipinski definition) is 1. The minimum atomic E-state index is 0.0492. The van der Waals surface area contributed by atoms with E-state index < -0.39 is 0 Å². The molecule has 0 aromatic carbocycles. The summed E-state index contributed by atoms with van der Waals surface area (Å²) in [6.45, 7) is 9.65. The normalized spacial score (nSPS) is 25.8. The van der Waals surface area contributed by atoms with E-state index >= 15 is 0 Å². The van der Waals surface area contributed by atoms with E-state index in [9.17, 15) is 4.79 Å². The Bertz CT molecular complexity index is 255. The van der Waals surface area contributed by atoms with Crippen LogP contribution in [0.1, 0.15) is 66.2 Å². The van der Waals surface area contributed by atoms with Gasteiger partial charge in [0.2, 0.25) is 5.91 Å². The number of unbranched alkanes of at least 4 members (excludes halogenated alkanes) is 2. The Morgan fingerprint density at radius 2 is 1.94 bits per heavy atom. The first-order valence-electron chi connectivity index (χ1n) is 7.72. The van der Waals surface area contributed by atoms with Crippen molar-refractivity contribution >= 4 is 5.91 Å². The van der Waals surface area contributed by atoms with Gasteiger partial charge in [-0.1, -0.05) is 53.4 Å². The van der Waals surface area contributed by atoms with Gasteiger partial charge in [-0.05, 0) is 18.8 Å². The van der Waals surface area contributed by atoms with Gasteiger partial charge in [-0.3, -0.25) is 10.1 Å². The van der Waals surface area contributed by atoms with Crippen LogP contribution in [0, 0.1) is 5.92 Å². The molecule has 1 rings (SSSR count). The molecule has 0 radical (unpaired) electrons. The van der Waals surface area contributed by atoms with Gasteiger partial charge in [-0.2, -0.15) is 0 Å². The lowest BCUT2D eigenvalue weighted by Crippen LogP contribution is -2.38. The molecular formula is C15H30N2O. The predicted molar refractivity (Wildman–Crippen MR) is 76.3 cm³/mol. The lowest BCUT2D eigenvalue weighted by atomic mass is 9.99. The highest BCUT2D eigenvalue weighted by Gasteiger charge is 2.39. The highest BCUT2D eigenvalue weighted by molar-refractivity contribution is 5.84. The Morgan fingerprint density at radius 3 is 2.50 bits per heavy atom. The van der Waals surface area contributed by atoms with Crippen molar-refractivity contribution in [1.82, 2.24) is 10.2 Å². The Balaban J connectivity index is 2.62. The Kier molecular flexibility index (Phi) is 6.69. The maximum Gasteiger partial charge on any atom is 0.241 e. The highest BCUT2D eigenvalue weighted by atomic mass is 16.2. The fourth-order valence-corrected chi connectivity index (χ4v) is 2.65. The first-order chi connectivity index (χ1) is 8.65. The van der Waals surface area contributed by atoms with Crippen LogP contribution in [0.4, 0.5) is 0 Å². The average Bonchev–Trinajstić information content (AvgIpc) is 2.67. The minimum absolute atomic E-state index is 0.0492. The molecule has 3 nitrogen and oxygen atoms in total. The topological polar surface area (TPSA) is 32.3 Å². The fourth-order valence-electron chi connectivity index (χ4n) is 2.65. The quantitative estimate of drug-likeness (QED) is 0.675. The molecule has 0 aliphatic carbocycles. The van der Waals surface area contributed by atoms with Crippen LogP contribution in [0.25, 0.3) is 0 Å². The molecule has 1 aliphatic heterocycles. The molecular weight excluding hydrogens is 224 g/mol. The number of amides is 1. The van der Waals surface area contributed by atoms with Gasteiger partial charge >= 0.3 is 0 Å². The van der Waals surface area contributed by atoms with Gasteiger partial charge in [0.05, 0.1) is 12.2 Å². The summed E-state index contributed by atoms with van der Waals surface area (Å²) >= 11 is 0. The number of hydrogen-bond acceptors (Lipinski definition) is 2. The fraction of sp³-hybridized carbons (Fsp3) is 0.933. The first kappa shape index (κ1) is 15.5. The summed E-state index contributed by atoms with van der Waals surface area (Å²) in [6, 6.07) is 0.0492. The van der Waals surface area contributed by atoms with Gasteiger partial charge in [-0.15, -0.1) is 0 Å². The van der Waals surface area contributed by atoms with E-state index in [0.29, 0.717) is 11.8 Å². The molecule has 106 valence electrons. The minimum Gasteiger partial charge on any atom is -0.326 e. The number of rotatable bonds is 8. The molecule has 1 fully saturated rings. The smallest absolute Gasteiger partial charge is 0.241 e. The van der Waals surface area contributed by atoms with Gasteiger partial charge in [0, 0.05) is 6.54 Å². The zero-order valence-electron chi connectivity index (χ0n) is 12.5. The first-order valence-corrected chi connectivity index (χ1v) is 7.72. The van der Waals surface area contributed by atoms with E-state index in [2.05, 4.69) is 37.9 Å². The molecule has 1 amide bonds. The average molecular weight is 254 g/mol. The Morgan fingerprint density at radius 1 is 1.22 bits per heavy atom. The van der Waals surface area contributed by atoms with Crippen LogP contribution >= 0.6 is 0 Å². The summed E-state index contributed by atoms with van der Waals surface area (Å²) in [6.07, 6.45) is 7.10. The molecule has 3 heteroatoms. The summed E-state index contributed by atoms with van der Waals surface area (Å²) in [5.74, 6) is 0.770. The standard InChI is InChI=1S/C15H30N2O/c1-5-8-9-11-17-13(10-6-2)16-14(15(17)18)12(4)7-3/h12-14,16H,5-11H2,1-4H3. The third kappa shape index (κ3) is 3.71. The largest absolute Gasteiger partial charge is 0.326 e. The molecule has 1 saturated heterocycles. The van der Waals surface area contributed by atoms with Crippen LogP contribution in [0.3, 0.4) is 0 Å². The molecule has 1 heterocycles. The predicted octanol–water partition coefficient (Wildman–Crippen LogP) is 3.15. The second kappa shape index (κ2) is 7.78. The van der Waals surface area contributed by atoms with Crippen LogP contribution in [0.2, 0.25) is 0 Å². The highest BCUT2D eigenvalue weighted by Crippen LogP contribution is 2.22. The number of carbonyl (C=O) groups excluding carboxylic acids is 1.